The molecule has 1 aromatic carbocycles. The largest absolute Gasteiger partial charge is 0.384 e. The highest BCUT2D eigenvalue weighted by atomic mass is 19.2. The Hall–Kier alpha value is -2.31. The van der Waals surface area contributed by atoms with E-state index in [0.29, 0.717) is 24.4 Å². The normalized spacial score (nSPS) is 10.5. The molecule has 1 heterocycles. The molecule has 0 saturated heterocycles. The van der Waals surface area contributed by atoms with Crippen molar-refractivity contribution >= 4 is 17.3 Å². The fourth-order valence-corrected chi connectivity index (χ4v) is 1.50. The first-order valence-corrected chi connectivity index (χ1v) is 5.54. The van der Waals surface area contributed by atoms with Crippen LogP contribution in [0.4, 0.5) is 30.5 Å². The molecule has 0 fully saturated rings. The fourth-order valence-electron chi connectivity index (χ4n) is 1.50. The first-order valence-electron chi connectivity index (χ1n) is 5.54. The Labute approximate surface area is 107 Å². The average Bonchev–Trinajstić information content (AvgIpc) is 2.35. The second-order valence-corrected chi connectivity index (χ2v) is 3.82. The van der Waals surface area contributed by atoms with Gasteiger partial charge >= 0.3 is 0 Å². The number of nitrogens with two attached hydrogens (primary N) is 1. The van der Waals surface area contributed by atoms with Crippen molar-refractivity contribution in [3.63, 3.8) is 0 Å². The lowest BCUT2D eigenvalue weighted by Gasteiger charge is -2.09. The van der Waals surface area contributed by atoms with Gasteiger partial charge in [0.25, 0.3) is 0 Å². The predicted molar refractivity (Wildman–Crippen MR) is 65.4 cm³/mol. The van der Waals surface area contributed by atoms with Crippen LogP contribution in [-0.2, 0) is 6.42 Å². The Kier molecular flexibility index (Phi) is 3.55. The minimum absolute atomic E-state index is 0.206. The van der Waals surface area contributed by atoms with E-state index in [1.807, 2.05) is 6.92 Å². The van der Waals surface area contributed by atoms with Gasteiger partial charge in [-0.2, -0.15) is 0 Å². The van der Waals surface area contributed by atoms with Crippen LogP contribution in [0.15, 0.2) is 18.2 Å². The molecule has 1 aromatic heterocycles. The van der Waals surface area contributed by atoms with Crippen LogP contribution in [0.1, 0.15) is 12.7 Å². The number of hydrogen-bond donors (Lipinski definition) is 2. The SMILES string of the molecule is CCc1nc(N)cc(Nc2cc(F)c(F)cc2F)n1. The van der Waals surface area contributed by atoms with Gasteiger partial charge in [-0.05, 0) is 0 Å². The minimum atomic E-state index is -1.25. The summed E-state index contributed by atoms with van der Waals surface area (Å²) >= 11 is 0. The summed E-state index contributed by atoms with van der Waals surface area (Å²) in [5, 5.41) is 2.54. The second kappa shape index (κ2) is 5.13. The van der Waals surface area contributed by atoms with E-state index in [2.05, 4.69) is 15.3 Å². The zero-order valence-corrected chi connectivity index (χ0v) is 10.0. The molecule has 0 saturated carbocycles. The number of hydrogen-bond acceptors (Lipinski definition) is 4. The van der Waals surface area contributed by atoms with Crippen molar-refractivity contribution in [1.29, 1.82) is 0 Å². The quantitative estimate of drug-likeness (QED) is 0.840. The summed E-state index contributed by atoms with van der Waals surface area (Å²) in [6.45, 7) is 1.83. The van der Waals surface area contributed by atoms with Crippen molar-refractivity contribution < 1.29 is 13.2 Å². The van der Waals surface area contributed by atoms with Gasteiger partial charge < -0.3 is 11.1 Å². The Bertz CT molecular complexity index is 616. The average molecular weight is 268 g/mol. The van der Waals surface area contributed by atoms with E-state index < -0.39 is 17.5 Å². The molecule has 0 spiro atoms. The van der Waals surface area contributed by atoms with E-state index in [-0.39, 0.29) is 17.3 Å². The number of anilines is 3. The smallest absolute Gasteiger partial charge is 0.161 e. The Morgan fingerprint density at radius 3 is 2.42 bits per heavy atom. The highest BCUT2D eigenvalue weighted by Crippen LogP contribution is 2.22. The van der Waals surface area contributed by atoms with Crippen LogP contribution in [-0.4, -0.2) is 9.97 Å². The lowest BCUT2D eigenvalue weighted by atomic mass is 10.3. The summed E-state index contributed by atoms with van der Waals surface area (Å²) in [7, 11) is 0. The van der Waals surface area contributed by atoms with Crippen LogP contribution in [0, 0.1) is 17.5 Å². The number of halogens is 3. The van der Waals surface area contributed by atoms with Crippen molar-refractivity contribution in [2.45, 2.75) is 13.3 Å². The van der Waals surface area contributed by atoms with Crippen LogP contribution >= 0.6 is 0 Å². The lowest BCUT2D eigenvalue weighted by Crippen LogP contribution is -2.04. The lowest BCUT2D eigenvalue weighted by molar-refractivity contribution is 0.496. The molecular weight excluding hydrogens is 257 g/mol. The maximum atomic E-state index is 13.5. The van der Waals surface area contributed by atoms with Crippen LogP contribution in [0.5, 0.6) is 0 Å². The van der Waals surface area contributed by atoms with Crippen LogP contribution in [0.25, 0.3) is 0 Å². The van der Waals surface area contributed by atoms with Gasteiger partial charge in [-0.1, -0.05) is 6.92 Å². The molecule has 0 bridgehead atoms. The van der Waals surface area contributed by atoms with E-state index in [1.54, 1.807) is 0 Å². The molecule has 2 rings (SSSR count). The molecule has 0 atom stereocenters. The standard InChI is InChI=1S/C12H11F3N4/c1-2-11-18-10(16)5-12(19-11)17-9-4-7(14)6(13)3-8(9)15/h3-5H,2H2,1H3,(H3,16,17,18,19). The van der Waals surface area contributed by atoms with Crippen molar-refractivity contribution in [2.24, 2.45) is 0 Å². The Morgan fingerprint density at radius 2 is 1.74 bits per heavy atom. The van der Waals surface area contributed by atoms with Gasteiger partial charge in [0.1, 0.15) is 23.3 Å². The Morgan fingerprint density at radius 1 is 1.05 bits per heavy atom. The Balaban J connectivity index is 2.36. The molecule has 0 amide bonds. The molecule has 100 valence electrons. The van der Waals surface area contributed by atoms with Gasteiger partial charge in [0.05, 0.1) is 5.69 Å². The fraction of sp³-hybridized carbons (Fsp3) is 0.167. The third-order valence-electron chi connectivity index (χ3n) is 2.38. The first-order chi connectivity index (χ1) is 8.99. The number of nitrogens with zero attached hydrogens (tertiary/aromatic N) is 2. The summed E-state index contributed by atoms with van der Waals surface area (Å²) in [5.41, 5.74) is 5.34. The topological polar surface area (TPSA) is 63.8 Å². The number of benzene rings is 1. The van der Waals surface area contributed by atoms with Crippen LogP contribution < -0.4 is 11.1 Å². The molecule has 4 nitrogen and oxygen atoms in total. The van der Waals surface area contributed by atoms with Gasteiger partial charge in [-0.25, -0.2) is 23.1 Å². The molecule has 0 unspecified atom stereocenters. The number of nitrogens with one attached hydrogen (secondary N) is 1. The molecule has 2 aromatic rings. The number of nitrogen functional groups attached to an aromatic ring is 1. The molecule has 0 radical (unpaired) electrons. The number of aryl methyl sites for hydroxylation is 1. The monoisotopic (exact) mass is 268 g/mol. The van der Waals surface area contributed by atoms with E-state index in [4.69, 9.17) is 5.73 Å². The first kappa shape index (κ1) is 13.1. The molecule has 19 heavy (non-hydrogen) atoms. The van der Waals surface area contributed by atoms with Gasteiger partial charge in [0, 0.05) is 24.6 Å². The number of aromatic nitrogens is 2. The van der Waals surface area contributed by atoms with Gasteiger partial charge in [0.2, 0.25) is 0 Å². The van der Waals surface area contributed by atoms with E-state index in [0.717, 1.165) is 0 Å². The summed E-state index contributed by atoms with van der Waals surface area (Å²) in [6.07, 6.45) is 0.542. The van der Waals surface area contributed by atoms with E-state index >= 15 is 0 Å². The summed E-state index contributed by atoms with van der Waals surface area (Å²) < 4.78 is 39.3. The highest BCUT2D eigenvalue weighted by molar-refractivity contribution is 5.59. The molecule has 7 heteroatoms. The van der Waals surface area contributed by atoms with Crippen molar-refractivity contribution in [1.82, 2.24) is 9.97 Å². The maximum absolute atomic E-state index is 13.5. The molecule has 0 aliphatic heterocycles. The van der Waals surface area contributed by atoms with E-state index in [1.165, 1.54) is 6.07 Å². The molecule has 0 aliphatic carbocycles. The highest BCUT2D eigenvalue weighted by Gasteiger charge is 2.11. The number of rotatable bonds is 3. The van der Waals surface area contributed by atoms with Gasteiger partial charge in [-0.15, -0.1) is 0 Å². The molecule has 0 aliphatic rings. The van der Waals surface area contributed by atoms with Crippen LogP contribution in [0.2, 0.25) is 0 Å². The zero-order chi connectivity index (χ0) is 14.0. The third-order valence-corrected chi connectivity index (χ3v) is 2.38. The van der Waals surface area contributed by atoms with Gasteiger partial charge in [0.15, 0.2) is 11.6 Å². The summed E-state index contributed by atoms with van der Waals surface area (Å²) in [4.78, 5) is 8.00. The molecular formula is C12H11F3N4. The third kappa shape index (κ3) is 2.93. The zero-order valence-electron chi connectivity index (χ0n) is 10.0. The van der Waals surface area contributed by atoms with Crippen molar-refractivity contribution in [2.75, 3.05) is 11.1 Å². The van der Waals surface area contributed by atoms with Crippen LogP contribution in [0.3, 0.4) is 0 Å². The maximum Gasteiger partial charge on any atom is 0.161 e. The summed E-state index contributed by atoms with van der Waals surface area (Å²) in [6, 6.07) is 2.55. The molecule has 3 N–H and O–H groups in total. The van der Waals surface area contributed by atoms with Gasteiger partial charge in [-0.3, -0.25) is 0 Å². The predicted octanol–water partition coefficient (Wildman–Crippen LogP) is 2.78. The second-order valence-electron chi connectivity index (χ2n) is 3.82. The minimum Gasteiger partial charge on any atom is -0.384 e. The van der Waals surface area contributed by atoms with Crippen molar-refractivity contribution in [3.8, 4) is 0 Å². The van der Waals surface area contributed by atoms with E-state index in [9.17, 15) is 13.2 Å². The van der Waals surface area contributed by atoms with Crippen molar-refractivity contribution in [3.05, 3.63) is 41.5 Å². The summed E-state index contributed by atoms with van der Waals surface area (Å²) in [5.74, 6) is -2.44.